The summed E-state index contributed by atoms with van der Waals surface area (Å²) >= 11 is 2.99. The van der Waals surface area contributed by atoms with Crippen molar-refractivity contribution in [3.63, 3.8) is 0 Å². The molecule has 1 unspecified atom stereocenters. The lowest BCUT2D eigenvalue weighted by atomic mass is 10.2. The van der Waals surface area contributed by atoms with Gasteiger partial charge >= 0.3 is 0 Å². The summed E-state index contributed by atoms with van der Waals surface area (Å²) in [6, 6.07) is 2.96. The number of hydrogen-bond donors (Lipinski definition) is 1. The maximum absolute atomic E-state index is 13.6. The molecule has 1 atom stereocenters. The fraction of sp³-hybridized carbons (Fsp3) is 0.200. The topological polar surface area (TPSA) is 45.8 Å². The molecule has 3 nitrogen and oxygen atoms in total. The van der Waals surface area contributed by atoms with Gasteiger partial charge in [-0.2, -0.15) is 0 Å². The van der Waals surface area contributed by atoms with Crippen molar-refractivity contribution < 1.29 is 8.78 Å². The Morgan fingerprint density at radius 3 is 2.81 bits per heavy atom. The number of benzene rings is 1. The molecule has 0 spiro atoms. The summed E-state index contributed by atoms with van der Waals surface area (Å²) in [5.74, 6) is -0.611. The molecule has 1 aromatic carbocycles. The molecule has 1 aromatic heterocycles. The van der Waals surface area contributed by atoms with Crippen LogP contribution in [-0.4, -0.2) is 9.97 Å². The van der Waals surface area contributed by atoms with Crippen LogP contribution in [0, 0.1) is 5.82 Å². The second kappa shape index (κ2) is 3.93. The molecule has 0 fully saturated rings. The number of nitrogens with one attached hydrogen (secondary N) is 1. The molecule has 0 saturated carbocycles. The monoisotopic (exact) mass is 288 g/mol. The number of rotatable bonds is 1. The lowest BCUT2D eigenvalue weighted by Gasteiger charge is -2.04. The highest BCUT2D eigenvalue weighted by molar-refractivity contribution is 9.10. The molecule has 0 aliphatic rings. The number of hydrogen-bond acceptors (Lipinski definition) is 2. The van der Waals surface area contributed by atoms with E-state index in [0.717, 1.165) is 0 Å². The molecule has 0 radical (unpaired) electrons. The smallest absolute Gasteiger partial charge is 0.273 e. The number of aromatic nitrogens is 2. The lowest BCUT2D eigenvalue weighted by molar-refractivity contribution is 0.363. The average molecular weight is 289 g/mol. The molecule has 84 valence electrons. The first-order valence-corrected chi connectivity index (χ1v) is 5.32. The quantitative estimate of drug-likeness (QED) is 0.877. The standard InChI is InChI=1S/C10H7BrF2N2O/c1-4(12)8-10(16)15-9-6(14-8)3-2-5(11)7(9)13/h2-4H,1H3,(H,15,16). The first kappa shape index (κ1) is 11.2. The zero-order valence-corrected chi connectivity index (χ0v) is 9.81. The first-order valence-electron chi connectivity index (χ1n) is 4.52. The fourth-order valence-electron chi connectivity index (χ4n) is 1.38. The van der Waals surface area contributed by atoms with Crippen molar-refractivity contribution in [3.8, 4) is 0 Å². The third kappa shape index (κ3) is 1.73. The molecule has 16 heavy (non-hydrogen) atoms. The average Bonchev–Trinajstić information content (AvgIpc) is 2.23. The molecule has 6 heteroatoms. The van der Waals surface area contributed by atoms with Crippen molar-refractivity contribution >= 4 is 27.0 Å². The van der Waals surface area contributed by atoms with Crippen molar-refractivity contribution in [1.29, 1.82) is 0 Å². The number of nitrogens with zero attached hydrogens (tertiary/aromatic N) is 1. The van der Waals surface area contributed by atoms with Gasteiger partial charge in [0.25, 0.3) is 5.56 Å². The van der Waals surface area contributed by atoms with Gasteiger partial charge in [0.1, 0.15) is 17.4 Å². The molecule has 0 aliphatic heterocycles. The van der Waals surface area contributed by atoms with Crippen LogP contribution < -0.4 is 5.56 Å². The van der Waals surface area contributed by atoms with Crippen molar-refractivity contribution in [1.82, 2.24) is 9.97 Å². The lowest BCUT2D eigenvalue weighted by Crippen LogP contribution is -2.16. The Kier molecular flexibility index (Phi) is 2.75. The van der Waals surface area contributed by atoms with E-state index in [4.69, 9.17) is 0 Å². The molecule has 1 N–H and O–H groups in total. The zero-order chi connectivity index (χ0) is 11.9. The minimum Gasteiger partial charge on any atom is -0.316 e. The number of aromatic amines is 1. The van der Waals surface area contributed by atoms with Gasteiger partial charge in [0, 0.05) is 0 Å². The van der Waals surface area contributed by atoms with Gasteiger partial charge in [-0.25, -0.2) is 13.8 Å². The van der Waals surface area contributed by atoms with E-state index >= 15 is 0 Å². The Balaban J connectivity index is 2.84. The molecule has 0 amide bonds. The van der Waals surface area contributed by atoms with Crippen LogP contribution in [0.5, 0.6) is 0 Å². The highest BCUT2D eigenvalue weighted by Crippen LogP contribution is 2.22. The first-order chi connectivity index (χ1) is 7.50. The molecule has 0 saturated heterocycles. The summed E-state index contributed by atoms with van der Waals surface area (Å²) in [4.78, 5) is 17.5. The summed E-state index contributed by atoms with van der Waals surface area (Å²) in [6.45, 7) is 1.21. The van der Waals surface area contributed by atoms with Gasteiger partial charge in [0.05, 0.1) is 9.99 Å². The Morgan fingerprint density at radius 2 is 2.19 bits per heavy atom. The van der Waals surface area contributed by atoms with Gasteiger partial charge < -0.3 is 4.98 Å². The zero-order valence-electron chi connectivity index (χ0n) is 8.22. The van der Waals surface area contributed by atoms with Crippen LogP contribution in [0.4, 0.5) is 8.78 Å². The Labute approximate surface area is 97.6 Å². The molecule has 0 bridgehead atoms. The normalized spacial score (nSPS) is 13.0. The second-order valence-electron chi connectivity index (χ2n) is 3.32. The van der Waals surface area contributed by atoms with Crippen LogP contribution in [0.2, 0.25) is 0 Å². The maximum atomic E-state index is 13.6. The third-order valence-electron chi connectivity index (χ3n) is 2.16. The van der Waals surface area contributed by atoms with E-state index in [1.54, 1.807) is 0 Å². The summed E-state index contributed by atoms with van der Waals surface area (Å²) in [5.41, 5.74) is -0.753. The molecule has 2 aromatic rings. The molecular weight excluding hydrogens is 282 g/mol. The highest BCUT2D eigenvalue weighted by Gasteiger charge is 2.14. The van der Waals surface area contributed by atoms with Gasteiger partial charge in [-0.3, -0.25) is 4.79 Å². The number of fused-ring (bicyclic) bond motifs is 1. The molecular formula is C10H7BrF2N2O. The second-order valence-corrected chi connectivity index (χ2v) is 4.18. The number of H-pyrrole nitrogens is 1. The molecule has 1 heterocycles. The minimum atomic E-state index is -1.49. The van der Waals surface area contributed by atoms with Gasteiger partial charge in [-0.05, 0) is 35.0 Å². The van der Waals surface area contributed by atoms with Crippen molar-refractivity contribution in [2.45, 2.75) is 13.1 Å². The predicted molar refractivity (Wildman–Crippen MR) is 59.5 cm³/mol. The predicted octanol–water partition coefficient (Wildman–Crippen LogP) is 2.86. The van der Waals surface area contributed by atoms with E-state index in [1.807, 2.05) is 0 Å². The molecule has 2 rings (SSSR count). The van der Waals surface area contributed by atoms with E-state index in [0.29, 0.717) is 0 Å². The van der Waals surface area contributed by atoms with Gasteiger partial charge in [0.2, 0.25) is 0 Å². The largest absolute Gasteiger partial charge is 0.316 e. The third-order valence-corrected chi connectivity index (χ3v) is 2.77. The van der Waals surface area contributed by atoms with Crippen molar-refractivity contribution in [2.24, 2.45) is 0 Å². The maximum Gasteiger partial charge on any atom is 0.273 e. The van der Waals surface area contributed by atoms with Crippen LogP contribution in [0.25, 0.3) is 11.0 Å². The van der Waals surface area contributed by atoms with Gasteiger partial charge in [-0.1, -0.05) is 0 Å². The van der Waals surface area contributed by atoms with Crippen LogP contribution in [0.3, 0.4) is 0 Å². The minimum absolute atomic E-state index is 0.0243. The summed E-state index contributed by atoms with van der Waals surface area (Å²) < 4.78 is 26.8. The van der Waals surface area contributed by atoms with E-state index in [2.05, 4.69) is 25.9 Å². The Morgan fingerprint density at radius 1 is 1.50 bits per heavy atom. The van der Waals surface area contributed by atoms with E-state index < -0.39 is 17.5 Å². The van der Waals surface area contributed by atoms with E-state index in [1.165, 1.54) is 19.1 Å². The Bertz CT molecular complexity index is 610. The number of alkyl halides is 1. The van der Waals surface area contributed by atoms with E-state index in [9.17, 15) is 13.6 Å². The van der Waals surface area contributed by atoms with Crippen LogP contribution >= 0.6 is 15.9 Å². The highest BCUT2D eigenvalue weighted by atomic mass is 79.9. The fourth-order valence-corrected chi connectivity index (χ4v) is 1.71. The number of halogens is 3. The Hall–Kier alpha value is -1.30. The molecule has 0 aliphatic carbocycles. The van der Waals surface area contributed by atoms with Crippen molar-refractivity contribution in [3.05, 3.63) is 38.5 Å². The summed E-state index contributed by atoms with van der Waals surface area (Å²) in [6.07, 6.45) is -1.49. The summed E-state index contributed by atoms with van der Waals surface area (Å²) in [5, 5.41) is 0. The van der Waals surface area contributed by atoms with Crippen LogP contribution in [-0.2, 0) is 0 Å². The summed E-state index contributed by atoms with van der Waals surface area (Å²) in [7, 11) is 0. The van der Waals surface area contributed by atoms with E-state index in [-0.39, 0.29) is 21.2 Å². The van der Waals surface area contributed by atoms with Crippen LogP contribution in [0.15, 0.2) is 21.4 Å². The van der Waals surface area contributed by atoms with Crippen molar-refractivity contribution in [2.75, 3.05) is 0 Å². The van der Waals surface area contributed by atoms with Crippen LogP contribution in [0.1, 0.15) is 18.8 Å². The van der Waals surface area contributed by atoms with Gasteiger partial charge in [-0.15, -0.1) is 0 Å². The van der Waals surface area contributed by atoms with Gasteiger partial charge in [0.15, 0.2) is 5.82 Å². The SMILES string of the molecule is CC(F)c1nc2ccc(Br)c(F)c2[nH]c1=O.